The second-order valence-electron chi connectivity index (χ2n) is 7.86. The topological polar surface area (TPSA) is 209 Å². The minimum absolute atomic E-state index is 0.0196. The van der Waals surface area contributed by atoms with Gasteiger partial charge in [0.1, 0.15) is 43.3 Å². The van der Waals surface area contributed by atoms with Crippen LogP contribution in [0.3, 0.4) is 0 Å². The molecule has 0 amide bonds. The van der Waals surface area contributed by atoms with Crippen molar-refractivity contribution in [3.8, 4) is 0 Å². The van der Waals surface area contributed by atoms with Crippen LogP contribution in [0, 0.1) is 0 Å². The lowest BCUT2D eigenvalue weighted by molar-refractivity contribution is -0.462. The Hall–Kier alpha value is -1.37. The van der Waals surface area contributed by atoms with Crippen molar-refractivity contribution >= 4 is 0 Å². The first-order chi connectivity index (χ1) is 15.7. The molecule has 2 aliphatic rings. The zero-order valence-corrected chi connectivity index (χ0v) is 17.6. The second kappa shape index (κ2) is 11.4. The molecule has 1 aromatic heterocycles. The molecule has 33 heavy (non-hydrogen) atoms. The number of ether oxygens (including phenoxy) is 4. The maximum atomic E-state index is 12.3. The average molecular weight is 483 g/mol. The largest absolute Gasteiger partial charge is 0.394 e. The molecule has 3 heterocycles. The van der Waals surface area contributed by atoms with E-state index in [4.69, 9.17) is 18.9 Å². The van der Waals surface area contributed by atoms with E-state index >= 15 is 0 Å². The molecule has 0 bridgehead atoms. The van der Waals surface area contributed by atoms with E-state index in [9.17, 15) is 40.1 Å². The Labute approximate surface area is 187 Å². The number of nitrogens with zero attached hydrogens (tertiary/aromatic N) is 3. The van der Waals surface area contributed by atoms with Crippen LogP contribution < -0.4 is 0 Å². The maximum absolute atomic E-state index is 12.3. The van der Waals surface area contributed by atoms with Crippen molar-refractivity contribution < 1.29 is 59.1 Å². The van der Waals surface area contributed by atoms with Crippen LogP contribution >= 0.6 is 0 Å². The van der Waals surface area contributed by atoms with E-state index in [2.05, 4.69) is 10.3 Å². The Kier molecular flexibility index (Phi) is 9.04. The van der Waals surface area contributed by atoms with Gasteiger partial charge in [-0.15, -0.1) is 5.10 Å². The first-order valence-corrected chi connectivity index (χ1v) is 10.5. The number of aromatic nitrogens is 3. The van der Waals surface area contributed by atoms with Gasteiger partial charge in [0, 0.05) is 19.0 Å². The molecule has 0 aliphatic carbocycles. The van der Waals surface area contributed by atoms with Crippen molar-refractivity contribution in [3.63, 3.8) is 0 Å². The van der Waals surface area contributed by atoms with Gasteiger partial charge in [-0.25, -0.2) is 9.07 Å². The SMILES string of the molecule is OCC1OC(O)(OC2C(CO)OC(OCCc3cn(CCF)nn3)C(O)C2O)C(O)CC1O. The molecule has 2 aliphatic heterocycles. The van der Waals surface area contributed by atoms with Crippen molar-refractivity contribution in [1.82, 2.24) is 15.0 Å². The fourth-order valence-corrected chi connectivity index (χ4v) is 3.63. The first kappa shape index (κ1) is 26.2. The molecule has 2 saturated heterocycles. The van der Waals surface area contributed by atoms with Crippen molar-refractivity contribution in [2.75, 3.05) is 26.5 Å². The molecule has 9 atom stereocenters. The van der Waals surface area contributed by atoms with Gasteiger partial charge in [-0.1, -0.05) is 5.21 Å². The molecule has 7 N–H and O–H groups in total. The molecule has 0 spiro atoms. The summed E-state index contributed by atoms with van der Waals surface area (Å²) in [4.78, 5) is 0. The highest BCUT2D eigenvalue weighted by atomic mass is 19.1. The lowest BCUT2D eigenvalue weighted by Crippen LogP contribution is -2.66. The normalized spacial score (nSPS) is 39.6. The van der Waals surface area contributed by atoms with E-state index in [1.54, 1.807) is 0 Å². The number of hydrogen-bond donors (Lipinski definition) is 7. The Morgan fingerprint density at radius 2 is 1.88 bits per heavy atom. The summed E-state index contributed by atoms with van der Waals surface area (Å²) in [6.07, 6.45) is -10.6. The van der Waals surface area contributed by atoms with Gasteiger partial charge in [0.05, 0.1) is 38.2 Å². The number of aliphatic hydroxyl groups is 7. The van der Waals surface area contributed by atoms with Gasteiger partial charge in [-0.2, -0.15) is 0 Å². The monoisotopic (exact) mass is 483 g/mol. The number of aryl methyl sites for hydroxylation is 1. The van der Waals surface area contributed by atoms with Crippen LogP contribution in [0.2, 0.25) is 0 Å². The van der Waals surface area contributed by atoms with Crippen molar-refractivity contribution in [3.05, 3.63) is 11.9 Å². The molecule has 0 radical (unpaired) electrons. The number of hydrogen-bond acceptors (Lipinski definition) is 13. The van der Waals surface area contributed by atoms with Crippen molar-refractivity contribution in [2.45, 2.75) is 74.4 Å². The van der Waals surface area contributed by atoms with Crippen LogP contribution in [0.15, 0.2) is 6.20 Å². The van der Waals surface area contributed by atoms with Gasteiger partial charge in [0.15, 0.2) is 6.29 Å². The molecule has 0 aromatic carbocycles. The van der Waals surface area contributed by atoms with Gasteiger partial charge in [0.25, 0.3) is 0 Å². The molecule has 0 saturated carbocycles. The standard InChI is InChI=1S/C18H30FN3O11/c19-2-3-22-6-9(20-21-22)1-4-30-17-15(28)14(27)16(12(8-24)31-17)33-18(29)13(26)5-10(25)11(7-23)32-18/h6,10-17,23-29H,1-5,7-8H2. The predicted molar refractivity (Wildman–Crippen MR) is 102 cm³/mol. The van der Waals surface area contributed by atoms with E-state index < -0.39 is 81.3 Å². The lowest BCUT2D eigenvalue weighted by Gasteiger charge is -2.47. The fourth-order valence-electron chi connectivity index (χ4n) is 3.63. The summed E-state index contributed by atoms with van der Waals surface area (Å²) in [5, 5.41) is 78.0. The summed E-state index contributed by atoms with van der Waals surface area (Å²) in [5.41, 5.74) is 0.500. The predicted octanol–water partition coefficient (Wildman–Crippen LogP) is -4.22. The second-order valence-corrected chi connectivity index (χ2v) is 7.86. The number of rotatable bonds is 10. The minimum Gasteiger partial charge on any atom is -0.394 e. The van der Waals surface area contributed by atoms with E-state index in [0.717, 1.165) is 0 Å². The van der Waals surface area contributed by atoms with Gasteiger partial charge < -0.3 is 54.7 Å². The maximum Gasteiger partial charge on any atom is 0.309 e. The van der Waals surface area contributed by atoms with Crippen LogP contribution in [0.4, 0.5) is 4.39 Å². The fraction of sp³-hybridized carbons (Fsp3) is 0.889. The highest BCUT2D eigenvalue weighted by Gasteiger charge is 2.54. The summed E-state index contributed by atoms with van der Waals surface area (Å²) in [6, 6.07) is 0. The minimum atomic E-state index is -2.76. The summed E-state index contributed by atoms with van der Waals surface area (Å²) in [7, 11) is 0. The van der Waals surface area contributed by atoms with Crippen LogP contribution in [0.25, 0.3) is 0 Å². The Balaban J connectivity index is 1.60. The van der Waals surface area contributed by atoms with E-state index in [-0.39, 0.29) is 19.6 Å². The third-order valence-electron chi connectivity index (χ3n) is 5.48. The Bertz CT molecular complexity index is 743. The van der Waals surface area contributed by atoms with Gasteiger partial charge in [0.2, 0.25) is 0 Å². The van der Waals surface area contributed by atoms with E-state index in [0.29, 0.717) is 5.69 Å². The molecular weight excluding hydrogens is 453 g/mol. The smallest absolute Gasteiger partial charge is 0.309 e. The molecule has 15 heteroatoms. The molecular formula is C18H30FN3O11. The molecule has 3 rings (SSSR count). The zero-order chi connectivity index (χ0) is 24.2. The number of halogens is 1. The van der Waals surface area contributed by atoms with Crippen molar-refractivity contribution in [2.24, 2.45) is 0 Å². The lowest BCUT2D eigenvalue weighted by atomic mass is 9.97. The molecule has 9 unspecified atom stereocenters. The summed E-state index contributed by atoms with van der Waals surface area (Å²) in [6.45, 7) is -1.96. The number of aliphatic hydroxyl groups excluding tert-OH is 6. The highest BCUT2D eigenvalue weighted by molar-refractivity contribution is 4.95. The van der Waals surface area contributed by atoms with Crippen LogP contribution in [0.1, 0.15) is 12.1 Å². The first-order valence-electron chi connectivity index (χ1n) is 10.5. The van der Waals surface area contributed by atoms with Crippen LogP contribution in [0.5, 0.6) is 0 Å². The summed E-state index contributed by atoms with van der Waals surface area (Å²) in [5.74, 6) is -2.76. The molecule has 190 valence electrons. The average Bonchev–Trinajstić information content (AvgIpc) is 3.23. The van der Waals surface area contributed by atoms with Crippen molar-refractivity contribution in [1.29, 1.82) is 0 Å². The quantitative estimate of drug-likeness (QED) is 0.158. The van der Waals surface area contributed by atoms with Gasteiger partial charge >= 0.3 is 5.97 Å². The highest BCUT2D eigenvalue weighted by Crippen LogP contribution is 2.34. The Morgan fingerprint density at radius 3 is 2.55 bits per heavy atom. The number of alkyl halides is 1. The van der Waals surface area contributed by atoms with Gasteiger partial charge in [-0.05, 0) is 0 Å². The molecule has 2 fully saturated rings. The zero-order valence-electron chi connectivity index (χ0n) is 17.6. The summed E-state index contributed by atoms with van der Waals surface area (Å²) >= 11 is 0. The van der Waals surface area contributed by atoms with Crippen LogP contribution in [-0.2, 0) is 31.9 Å². The third kappa shape index (κ3) is 6.01. The molecule has 1 aromatic rings. The van der Waals surface area contributed by atoms with Crippen LogP contribution in [-0.4, -0.2) is 132 Å². The third-order valence-corrected chi connectivity index (χ3v) is 5.48. The summed E-state index contributed by atoms with van der Waals surface area (Å²) < 4.78 is 34.9. The molecule has 14 nitrogen and oxygen atoms in total. The van der Waals surface area contributed by atoms with Gasteiger partial charge in [-0.3, -0.25) is 0 Å². The Morgan fingerprint density at radius 1 is 1.15 bits per heavy atom. The van der Waals surface area contributed by atoms with E-state index in [1.165, 1.54) is 10.9 Å². The van der Waals surface area contributed by atoms with E-state index in [1.807, 2.05) is 0 Å².